The molecule has 7 aromatic rings. The summed E-state index contributed by atoms with van der Waals surface area (Å²) in [5, 5.41) is 5.31. The van der Waals surface area contributed by atoms with Crippen molar-refractivity contribution in [2.75, 3.05) is 0 Å². The van der Waals surface area contributed by atoms with Crippen molar-refractivity contribution < 1.29 is 0 Å². The van der Waals surface area contributed by atoms with Crippen LogP contribution in [-0.4, -0.2) is 8.07 Å². The Kier molecular flexibility index (Phi) is 7.05. The third kappa shape index (κ3) is 4.22. The molecule has 1 heterocycles. The number of fused-ring (bicyclic) bond motifs is 10. The number of hydrogen-bond acceptors (Lipinski definition) is 0. The van der Waals surface area contributed by atoms with E-state index in [9.17, 15) is 0 Å². The predicted molar refractivity (Wildman–Crippen MR) is 245 cm³/mol. The van der Waals surface area contributed by atoms with Crippen LogP contribution in [-0.2, 0) is 0 Å². The van der Waals surface area contributed by atoms with E-state index in [1.165, 1.54) is 65.7 Å². The van der Waals surface area contributed by atoms with E-state index in [1.807, 2.05) is 24.3 Å². The Bertz CT molecular complexity index is 3000. The van der Waals surface area contributed by atoms with Crippen molar-refractivity contribution >= 4 is 64.7 Å². The highest BCUT2D eigenvalue weighted by Crippen LogP contribution is 2.53. The zero-order valence-electron chi connectivity index (χ0n) is 31.4. The molecule has 55 heavy (non-hydrogen) atoms. The molecule has 0 spiro atoms. The van der Waals surface area contributed by atoms with E-state index < -0.39 is 8.07 Å². The van der Waals surface area contributed by atoms with Crippen molar-refractivity contribution in [3.63, 3.8) is 0 Å². The van der Waals surface area contributed by atoms with Crippen molar-refractivity contribution in [2.24, 2.45) is 0 Å². The third-order valence-corrected chi connectivity index (χ3v) is 16.2. The van der Waals surface area contributed by atoms with Gasteiger partial charge in [-0.05, 0) is 139 Å². The Morgan fingerprint density at radius 2 is 0.764 bits per heavy atom. The van der Waals surface area contributed by atoms with Gasteiger partial charge in [0.1, 0.15) is 8.07 Å². The smallest absolute Gasteiger partial charge is 0.0984 e. The highest BCUT2D eigenvalue weighted by molar-refractivity contribution is 7.04. The van der Waals surface area contributed by atoms with Crippen LogP contribution in [0.5, 0.6) is 0 Å². The minimum atomic E-state index is -2.05. The molecule has 0 amide bonds. The first-order valence-electron chi connectivity index (χ1n) is 19.0. The molecule has 0 fully saturated rings. The highest BCUT2D eigenvalue weighted by atomic mass is 28.3. The van der Waals surface area contributed by atoms with Crippen LogP contribution in [0.3, 0.4) is 0 Å². The standard InChI is InChI=1S/C54H40Si/c1-9-33-34(10-2)54(43-26-28-45-40-22-16-14-20-38(40)32(6)52(45)36(43)12-4)48-30-50-46(41-23-17-18-24-49(41)55(50,7)8)29-47(48)53(33)42-25-27-44-39-21-15-13-19-37(39)31(5)51(44)35(42)11-3/h9-30H,1-6H2,7-8H3. The summed E-state index contributed by atoms with van der Waals surface area (Å²) in [6.07, 6.45) is 8.09. The van der Waals surface area contributed by atoms with E-state index in [2.05, 4.69) is 162 Å². The molecule has 0 N–H and O–H groups in total. The van der Waals surface area contributed by atoms with Gasteiger partial charge in [-0.15, -0.1) is 0 Å². The predicted octanol–water partition coefficient (Wildman–Crippen LogP) is 13.6. The second kappa shape index (κ2) is 11.7. The third-order valence-electron chi connectivity index (χ3n) is 12.6. The van der Waals surface area contributed by atoms with Crippen molar-refractivity contribution in [2.45, 2.75) is 13.1 Å². The van der Waals surface area contributed by atoms with Gasteiger partial charge in [0.15, 0.2) is 0 Å². The fourth-order valence-electron chi connectivity index (χ4n) is 10.2. The molecular formula is C54H40Si. The molecule has 7 aromatic carbocycles. The molecule has 0 nitrogen and oxygen atoms in total. The quantitative estimate of drug-likeness (QED) is 0.150. The van der Waals surface area contributed by atoms with Crippen LogP contribution in [0.4, 0.5) is 0 Å². The second-order valence-corrected chi connectivity index (χ2v) is 19.8. The monoisotopic (exact) mass is 716 g/mol. The zero-order chi connectivity index (χ0) is 37.9. The van der Waals surface area contributed by atoms with Gasteiger partial charge in [-0.25, -0.2) is 0 Å². The highest BCUT2D eigenvalue weighted by Gasteiger charge is 2.39. The van der Waals surface area contributed by atoms with Gasteiger partial charge >= 0.3 is 0 Å². The molecule has 0 bridgehead atoms. The van der Waals surface area contributed by atoms with E-state index in [4.69, 9.17) is 0 Å². The fourth-order valence-corrected chi connectivity index (χ4v) is 13.2. The van der Waals surface area contributed by atoms with Gasteiger partial charge in [0.05, 0.1) is 0 Å². The van der Waals surface area contributed by atoms with E-state index >= 15 is 0 Å². The van der Waals surface area contributed by atoms with Gasteiger partial charge in [0.2, 0.25) is 0 Å². The van der Waals surface area contributed by atoms with Gasteiger partial charge in [-0.1, -0.05) is 180 Å². The minimum Gasteiger partial charge on any atom is -0.0984 e. The SMILES string of the molecule is C=Cc1c(-c2c(C=C)c(C=C)c(-c3ccc4c(c3C=C)C(=C)c3ccccc3-4)c3cc4c(cc23)-c2ccccc2[Si]4(C)C)ccc2c1C(=C)c1ccccc1-2. The Hall–Kier alpha value is -6.54. The summed E-state index contributed by atoms with van der Waals surface area (Å²) >= 11 is 0. The molecule has 0 saturated heterocycles. The number of benzene rings is 7. The topological polar surface area (TPSA) is 0 Å². The maximum absolute atomic E-state index is 4.64. The van der Waals surface area contributed by atoms with Crippen molar-refractivity contribution in [1.82, 2.24) is 0 Å². The molecule has 2 aliphatic carbocycles. The van der Waals surface area contributed by atoms with Crippen LogP contribution in [0.15, 0.2) is 149 Å². The molecule has 260 valence electrons. The lowest BCUT2D eigenvalue weighted by atomic mass is 9.79. The molecule has 10 rings (SSSR count). The molecular weight excluding hydrogens is 677 g/mol. The molecule has 0 aromatic heterocycles. The van der Waals surface area contributed by atoms with Gasteiger partial charge in [-0.2, -0.15) is 0 Å². The average molecular weight is 717 g/mol. The van der Waals surface area contributed by atoms with Gasteiger partial charge < -0.3 is 0 Å². The normalized spacial score (nSPS) is 13.8. The van der Waals surface area contributed by atoms with Crippen LogP contribution in [0.1, 0.15) is 44.5 Å². The first-order valence-corrected chi connectivity index (χ1v) is 22.0. The van der Waals surface area contributed by atoms with Crippen molar-refractivity contribution in [3.05, 3.63) is 193 Å². The summed E-state index contributed by atoms with van der Waals surface area (Å²) in [5.41, 5.74) is 23.0. The van der Waals surface area contributed by atoms with Crippen LogP contribution in [0.2, 0.25) is 13.1 Å². The van der Waals surface area contributed by atoms with E-state index in [-0.39, 0.29) is 0 Å². The summed E-state index contributed by atoms with van der Waals surface area (Å²) in [6, 6.07) is 40.3. The fraction of sp³-hybridized carbons (Fsp3) is 0.0370. The zero-order valence-corrected chi connectivity index (χ0v) is 32.4. The molecule has 0 saturated carbocycles. The maximum atomic E-state index is 4.64. The molecule has 1 heteroatoms. The molecule has 0 atom stereocenters. The number of rotatable bonds is 6. The van der Waals surface area contributed by atoms with Crippen LogP contribution < -0.4 is 10.4 Å². The van der Waals surface area contributed by atoms with Crippen molar-refractivity contribution in [1.29, 1.82) is 0 Å². The summed E-state index contributed by atoms with van der Waals surface area (Å²) in [5.74, 6) is 0. The maximum Gasteiger partial charge on any atom is 0.113 e. The van der Waals surface area contributed by atoms with Crippen LogP contribution >= 0.6 is 0 Å². The Balaban J connectivity index is 1.36. The van der Waals surface area contributed by atoms with Gasteiger partial charge in [-0.3, -0.25) is 0 Å². The van der Waals surface area contributed by atoms with E-state index in [1.54, 1.807) is 0 Å². The van der Waals surface area contributed by atoms with Gasteiger partial charge in [0.25, 0.3) is 0 Å². The summed E-state index contributed by atoms with van der Waals surface area (Å²) < 4.78 is 0. The Morgan fingerprint density at radius 3 is 1.24 bits per heavy atom. The molecule has 0 radical (unpaired) electrons. The largest absolute Gasteiger partial charge is 0.113 e. The average Bonchev–Trinajstić information content (AvgIpc) is 3.77. The molecule has 3 aliphatic rings. The Morgan fingerprint density at radius 1 is 0.364 bits per heavy atom. The Labute approximate surface area is 325 Å². The van der Waals surface area contributed by atoms with E-state index in [0.29, 0.717) is 0 Å². The lowest BCUT2D eigenvalue weighted by Gasteiger charge is -2.26. The number of hydrogen-bond donors (Lipinski definition) is 0. The lowest BCUT2D eigenvalue weighted by Crippen LogP contribution is -2.49. The van der Waals surface area contributed by atoms with E-state index in [0.717, 1.165) is 66.8 Å². The molecule has 1 aliphatic heterocycles. The molecule has 0 unspecified atom stereocenters. The summed E-state index contributed by atoms with van der Waals surface area (Å²) in [7, 11) is -2.05. The minimum absolute atomic E-state index is 1.03. The van der Waals surface area contributed by atoms with Crippen molar-refractivity contribution in [3.8, 4) is 55.6 Å². The first kappa shape index (κ1) is 33.1. The van der Waals surface area contributed by atoms with Crippen LogP contribution in [0.25, 0.3) is 102 Å². The van der Waals surface area contributed by atoms with Gasteiger partial charge in [0, 0.05) is 0 Å². The van der Waals surface area contributed by atoms with Crippen LogP contribution in [0, 0.1) is 0 Å². The first-order chi connectivity index (χ1) is 26.7. The lowest BCUT2D eigenvalue weighted by molar-refractivity contribution is 1.54. The summed E-state index contributed by atoms with van der Waals surface area (Å²) in [6.45, 7) is 32.1. The second-order valence-electron chi connectivity index (χ2n) is 15.5. The summed E-state index contributed by atoms with van der Waals surface area (Å²) in [4.78, 5) is 0.